The molecule has 0 aliphatic heterocycles. The van der Waals surface area contributed by atoms with Gasteiger partial charge in [-0.25, -0.2) is 9.07 Å². The summed E-state index contributed by atoms with van der Waals surface area (Å²) in [5.74, 6) is 6.28. The Hall–Kier alpha value is -2.52. The van der Waals surface area contributed by atoms with Crippen LogP contribution in [0.25, 0.3) is 0 Å². The molecule has 27 heavy (non-hydrogen) atoms. The molecule has 9 heteroatoms. The molecule has 3 aromatic rings. The molecule has 0 atom stereocenters. The topological polar surface area (TPSA) is 85.8 Å². The zero-order valence-corrected chi connectivity index (χ0v) is 16.0. The van der Waals surface area contributed by atoms with Crippen LogP contribution in [0.5, 0.6) is 0 Å². The maximum absolute atomic E-state index is 13.5. The molecule has 0 saturated carbocycles. The summed E-state index contributed by atoms with van der Waals surface area (Å²) < 4.78 is 14.9. The molecule has 140 valence electrons. The van der Waals surface area contributed by atoms with Crippen molar-refractivity contribution < 1.29 is 9.18 Å². The van der Waals surface area contributed by atoms with Crippen LogP contribution in [-0.4, -0.2) is 26.5 Å². The number of nitrogens with two attached hydrogens (primary N) is 1. The molecule has 1 amide bonds. The van der Waals surface area contributed by atoms with Crippen LogP contribution in [0.2, 0.25) is 0 Å². The minimum atomic E-state index is -0.341. The first-order chi connectivity index (χ1) is 13.1. The van der Waals surface area contributed by atoms with E-state index in [1.54, 1.807) is 18.2 Å². The van der Waals surface area contributed by atoms with E-state index >= 15 is 0 Å². The van der Waals surface area contributed by atoms with E-state index in [1.165, 1.54) is 34.3 Å². The van der Waals surface area contributed by atoms with Gasteiger partial charge in [-0.15, -0.1) is 10.2 Å². The van der Waals surface area contributed by atoms with Crippen LogP contribution in [-0.2, 0) is 17.1 Å². The third kappa shape index (κ3) is 5.48. The normalized spacial score (nSPS) is 10.7. The second-order valence-electron chi connectivity index (χ2n) is 5.57. The summed E-state index contributed by atoms with van der Waals surface area (Å²) in [6, 6.07) is 16.3. The number of nitrogens with one attached hydrogen (secondary N) is 1. The number of hydrogen-bond donors (Lipinski definition) is 2. The molecule has 0 aliphatic carbocycles. The van der Waals surface area contributed by atoms with Crippen molar-refractivity contribution in [2.45, 2.75) is 22.6 Å². The van der Waals surface area contributed by atoms with Crippen molar-refractivity contribution in [3.63, 3.8) is 0 Å². The second-order valence-corrected chi connectivity index (χ2v) is 7.45. The molecule has 0 spiro atoms. The van der Waals surface area contributed by atoms with Gasteiger partial charge in [-0.2, -0.15) is 0 Å². The molecule has 0 radical (unpaired) electrons. The predicted molar refractivity (Wildman–Crippen MR) is 105 cm³/mol. The number of carbonyl (C=O) groups excluding carboxylic acids is 1. The molecule has 1 heterocycles. The van der Waals surface area contributed by atoms with Crippen LogP contribution in [0.15, 0.2) is 64.9 Å². The Balaban J connectivity index is 1.47. The first-order valence-corrected chi connectivity index (χ1v) is 10.1. The molecule has 0 aliphatic rings. The van der Waals surface area contributed by atoms with Gasteiger partial charge in [0, 0.05) is 17.9 Å². The van der Waals surface area contributed by atoms with E-state index < -0.39 is 0 Å². The number of benzene rings is 2. The zero-order valence-electron chi connectivity index (χ0n) is 14.3. The van der Waals surface area contributed by atoms with E-state index in [0.29, 0.717) is 15.9 Å². The lowest BCUT2D eigenvalue weighted by molar-refractivity contribution is -0.118. The van der Waals surface area contributed by atoms with Gasteiger partial charge in [0.15, 0.2) is 0 Å². The van der Waals surface area contributed by atoms with Gasteiger partial charge in [-0.05, 0) is 11.6 Å². The summed E-state index contributed by atoms with van der Waals surface area (Å²) in [6.07, 6.45) is 0. The largest absolute Gasteiger partial charge is 0.351 e. The van der Waals surface area contributed by atoms with Gasteiger partial charge in [-0.1, -0.05) is 72.1 Å². The van der Waals surface area contributed by atoms with Gasteiger partial charge in [0.1, 0.15) is 5.82 Å². The number of aromatic nitrogens is 3. The standard InChI is InChI=1S/C18H18FN5OS2/c19-15-9-5-4-8-14(15)10-21-16(25)12-27-18-23-22-17(24(18)20)26-11-13-6-2-1-3-7-13/h1-9H,10-12,20H2,(H,21,25). The average molecular weight is 404 g/mol. The first-order valence-electron chi connectivity index (χ1n) is 8.13. The van der Waals surface area contributed by atoms with Crippen molar-refractivity contribution in [3.05, 3.63) is 71.5 Å². The molecule has 0 unspecified atom stereocenters. The van der Waals surface area contributed by atoms with E-state index in [2.05, 4.69) is 15.5 Å². The number of amides is 1. The smallest absolute Gasteiger partial charge is 0.230 e. The highest BCUT2D eigenvalue weighted by Crippen LogP contribution is 2.23. The monoisotopic (exact) mass is 403 g/mol. The molecule has 1 aromatic heterocycles. The molecule has 6 nitrogen and oxygen atoms in total. The van der Waals surface area contributed by atoms with Gasteiger partial charge in [-0.3, -0.25) is 4.79 Å². The zero-order chi connectivity index (χ0) is 19.1. The third-order valence-electron chi connectivity index (χ3n) is 3.61. The van der Waals surface area contributed by atoms with Crippen molar-refractivity contribution >= 4 is 29.4 Å². The molecule has 3 N–H and O–H groups in total. The highest BCUT2D eigenvalue weighted by molar-refractivity contribution is 8.00. The summed E-state index contributed by atoms with van der Waals surface area (Å²) in [5.41, 5.74) is 1.60. The third-order valence-corrected chi connectivity index (χ3v) is 5.57. The summed E-state index contributed by atoms with van der Waals surface area (Å²) in [6.45, 7) is 0.138. The Labute approximate surface area is 164 Å². The molecule has 3 rings (SSSR count). The van der Waals surface area contributed by atoms with Crippen LogP contribution in [0.4, 0.5) is 4.39 Å². The molecular formula is C18H18FN5OS2. The van der Waals surface area contributed by atoms with Crippen molar-refractivity contribution in [3.8, 4) is 0 Å². The maximum Gasteiger partial charge on any atom is 0.230 e. The fourth-order valence-electron chi connectivity index (χ4n) is 2.20. The summed E-state index contributed by atoms with van der Waals surface area (Å²) in [7, 11) is 0. The van der Waals surface area contributed by atoms with Crippen LogP contribution < -0.4 is 11.2 Å². The van der Waals surface area contributed by atoms with Crippen LogP contribution in [0.3, 0.4) is 0 Å². The highest BCUT2D eigenvalue weighted by Gasteiger charge is 2.13. The Morgan fingerprint density at radius 2 is 1.70 bits per heavy atom. The molecule has 2 aromatic carbocycles. The number of nitrogens with zero attached hydrogens (tertiary/aromatic N) is 3. The van der Waals surface area contributed by atoms with Crippen LogP contribution in [0, 0.1) is 5.82 Å². The Bertz CT molecular complexity index is 904. The minimum absolute atomic E-state index is 0.118. The second kappa shape index (κ2) is 9.43. The van der Waals surface area contributed by atoms with Crippen LogP contribution in [0.1, 0.15) is 11.1 Å². The van der Waals surface area contributed by atoms with E-state index in [0.717, 1.165) is 11.3 Å². The van der Waals surface area contributed by atoms with E-state index in [1.807, 2.05) is 30.3 Å². The van der Waals surface area contributed by atoms with Crippen molar-refractivity contribution in [2.24, 2.45) is 0 Å². The number of halogens is 1. The maximum atomic E-state index is 13.5. The van der Waals surface area contributed by atoms with Crippen molar-refractivity contribution in [1.82, 2.24) is 20.2 Å². The fraction of sp³-hybridized carbons (Fsp3) is 0.167. The van der Waals surface area contributed by atoms with Gasteiger partial charge in [0.2, 0.25) is 16.2 Å². The first kappa shape index (κ1) is 19.2. The Morgan fingerprint density at radius 1 is 1.04 bits per heavy atom. The van der Waals surface area contributed by atoms with Gasteiger partial charge < -0.3 is 11.2 Å². The highest BCUT2D eigenvalue weighted by atomic mass is 32.2. The quantitative estimate of drug-likeness (QED) is 0.444. The SMILES string of the molecule is Nn1c(SCC(=O)NCc2ccccc2F)nnc1SCc1ccccc1. The summed E-state index contributed by atoms with van der Waals surface area (Å²) in [5, 5.41) is 11.8. The van der Waals surface area contributed by atoms with Gasteiger partial charge in [0.25, 0.3) is 0 Å². The number of rotatable bonds is 8. The number of hydrogen-bond acceptors (Lipinski definition) is 6. The lowest BCUT2D eigenvalue weighted by atomic mass is 10.2. The average Bonchev–Trinajstić information content (AvgIpc) is 3.04. The van der Waals surface area contributed by atoms with E-state index in [9.17, 15) is 9.18 Å². The Morgan fingerprint density at radius 3 is 2.44 bits per heavy atom. The predicted octanol–water partition coefficient (Wildman–Crippen LogP) is 2.83. The molecule has 0 saturated heterocycles. The van der Waals surface area contributed by atoms with E-state index in [-0.39, 0.29) is 24.0 Å². The van der Waals surface area contributed by atoms with E-state index in [4.69, 9.17) is 5.84 Å². The molecule has 0 bridgehead atoms. The minimum Gasteiger partial charge on any atom is -0.351 e. The summed E-state index contributed by atoms with van der Waals surface area (Å²) >= 11 is 2.66. The summed E-state index contributed by atoms with van der Waals surface area (Å²) in [4.78, 5) is 12.0. The molecular weight excluding hydrogens is 385 g/mol. The van der Waals surface area contributed by atoms with Crippen LogP contribution >= 0.6 is 23.5 Å². The lowest BCUT2D eigenvalue weighted by Crippen LogP contribution is -2.25. The Kier molecular flexibility index (Phi) is 6.72. The number of nitrogen functional groups attached to an aromatic ring is 1. The number of carbonyl (C=O) groups is 1. The van der Waals surface area contributed by atoms with Crippen molar-refractivity contribution in [2.75, 3.05) is 11.6 Å². The molecule has 0 fully saturated rings. The number of thioether (sulfide) groups is 2. The lowest BCUT2D eigenvalue weighted by Gasteiger charge is -2.06. The van der Waals surface area contributed by atoms with Gasteiger partial charge >= 0.3 is 0 Å². The van der Waals surface area contributed by atoms with Crippen molar-refractivity contribution in [1.29, 1.82) is 0 Å². The fourth-order valence-corrected chi connectivity index (χ4v) is 3.76. The van der Waals surface area contributed by atoms with Gasteiger partial charge in [0.05, 0.1) is 5.75 Å².